The van der Waals surface area contributed by atoms with Crippen LogP contribution in [0.2, 0.25) is 5.02 Å². The smallest absolute Gasteiger partial charge is 0.272 e. The lowest BCUT2D eigenvalue weighted by molar-refractivity contribution is 0.0737. The fourth-order valence-electron chi connectivity index (χ4n) is 4.31. The van der Waals surface area contributed by atoms with Gasteiger partial charge in [0.1, 0.15) is 11.5 Å². The molecule has 7 heteroatoms. The van der Waals surface area contributed by atoms with Crippen molar-refractivity contribution in [1.82, 2.24) is 14.7 Å². The van der Waals surface area contributed by atoms with Crippen LogP contribution in [0.5, 0.6) is 0 Å². The van der Waals surface area contributed by atoms with Crippen molar-refractivity contribution < 1.29 is 9.18 Å². The van der Waals surface area contributed by atoms with Gasteiger partial charge in [-0.2, -0.15) is 5.10 Å². The highest BCUT2D eigenvalue weighted by atomic mass is 35.5. The van der Waals surface area contributed by atoms with Crippen LogP contribution in [0.15, 0.2) is 78.9 Å². The summed E-state index contributed by atoms with van der Waals surface area (Å²) in [5.74, 6) is -0.357. The molecule has 1 saturated heterocycles. The van der Waals surface area contributed by atoms with Crippen LogP contribution in [-0.4, -0.2) is 46.8 Å². The van der Waals surface area contributed by atoms with E-state index in [9.17, 15) is 9.18 Å². The maximum absolute atomic E-state index is 14.2. The molecule has 1 fully saturated rings. The first-order valence-corrected chi connectivity index (χ1v) is 11.6. The van der Waals surface area contributed by atoms with Crippen LogP contribution in [0.3, 0.4) is 0 Å². The predicted molar refractivity (Wildman–Crippen MR) is 133 cm³/mol. The molecular weight excluding hydrogens is 451 g/mol. The normalized spacial score (nSPS) is 13.9. The molecule has 0 bridgehead atoms. The van der Waals surface area contributed by atoms with Gasteiger partial charge in [-0.25, -0.2) is 9.07 Å². The second-order valence-electron chi connectivity index (χ2n) is 8.38. The van der Waals surface area contributed by atoms with Crippen LogP contribution in [0.25, 0.3) is 16.9 Å². The van der Waals surface area contributed by atoms with Gasteiger partial charge in [-0.3, -0.25) is 4.79 Å². The van der Waals surface area contributed by atoms with Gasteiger partial charge in [0.25, 0.3) is 5.91 Å². The van der Waals surface area contributed by atoms with Crippen LogP contribution in [-0.2, 0) is 0 Å². The van der Waals surface area contributed by atoms with E-state index in [-0.39, 0.29) is 11.7 Å². The second kappa shape index (κ2) is 9.31. The summed E-state index contributed by atoms with van der Waals surface area (Å²) >= 11 is 6.43. The lowest BCUT2D eigenvalue weighted by atomic mass is 10.1. The summed E-state index contributed by atoms with van der Waals surface area (Å²) in [4.78, 5) is 17.4. The summed E-state index contributed by atoms with van der Waals surface area (Å²) in [6, 6.07) is 23.9. The molecule has 0 spiro atoms. The summed E-state index contributed by atoms with van der Waals surface area (Å²) in [5.41, 5.74) is 4.34. The minimum absolute atomic E-state index is 0.111. The molecule has 1 aromatic heterocycles. The third kappa shape index (κ3) is 4.29. The van der Waals surface area contributed by atoms with Crippen molar-refractivity contribution in [1.29, 1.82) is 0 Å². The van der Waals surface area contributed by atoms with Crippen LogP contribution in [0, 0.1) is 12.7 Å². The molecule has 172 valence electrons. The molecule has 0 atom stereocenters. The summed E-state index contributed by atoms with van der Waals surface area (Å²) in [7, 11) is 0. The number of anilines is 1. The zero-order valence-corrected chi connectivity index (χ0v) is 19.5. The van der Waals surface area contributed by atoms with E-state index in [4.69, 9.17) is 16.7 Å². The Bertz CT molecular complexity index is 1340. The molecule has 0 radical (unpaired) electrons. The summed E-state index contributed by atoms with van der Waals surface area (Å²) in [6.07, 6.45) is 0. The summed E-state index contributed by atoms with van der Waals surface area (Å²) in [5, 5.41) is 5.35. The molecule has 1 amide bonds. The van der Waals surface area contributed by atoms with Crippen molar-refractivity contribution in [3.05, 3.63) is 101 Å². The second-order valence-corrected chi connectivity index (χ2v) is 8.78. The van der Waals surface area contributed by atoms with Gasteiger partial charge < -0.3 is 9.80 Å². The number of nitrogens with zero attached hydrogens (tertiary/aromatic N) is 4. The van der Waals surface area contributed by atoms with E-state index in [1.165, 1.54) is 6.07 Å². The van der Waals surface area contributed by atoms with E-state index in [2.05, 4.69) is 0 Å². The highest BCUT2D eigenvalue weighted by Crippen LogP contribution is 2.29. The summed E-state index contributed by atoms with van der Waals surface area (Å²) in [6.45, 7) is 4.11. The number of rotatable bonds is 4. The molecule has 4 aromatic rings. The highest BCUT2D eigenvalue weighted by Gasteiger charge is 2.27. The number of para-hydroxylation sites is 1. The lowest BCUT2D eigenvalue weighted by Gasteiger charge is -2.36. The maximum atomic E-state index is 14.2. The highest BCUT2D eigenvalue weighted by molar-refractivity contribution is 6.33. The van der Waals surface area contributed by atoms with E-state index in [0.717, 1.165) is 16.8 Å². The Morgan fingerprint density at radius 1 is 0.912 bits per heavy atom. The number of amides is 1. The van der Waals surface area contributed by atoms with Crippen molar-refractivity contribution in [2.24, 2.45) is 0 Å². The Morgan fingerprint density at radius 3 is 2.38 bits per heavy atom. The van der Waals surface area contributed by atoms with Crippen molar-refractivity contribution in [3.8, 4) is 16.9 Å². The van der Waals surface area contributed by atoms with Gasteiger partial charge in [0.2, 0.25) is 0 Å². The quantitative estimate of drug-likeness (QED) is 0.386. The Labute approximate surface area is 203 Å². The molecule has 1 aliphatic heterocycles. The van der Waals surface area contributed by atoms with E-state index in [0.29, 0.717) is 48.3 Å². The van der Waals surface area contributed by atoms with E-state index < -0.39 is 0 Å². The molecule has 2 heterocycles. The molecule has 0 N–H and O–H groups in total. The van der Waals surface area contributed by atoms with Crippen LogP contribution >= 0.6 is 11.6 Å². The van der Waals surface area contributed by atoms with Gasteiger partial charge in [0.05, 0.1) is 22.1 Å². The number of hydrogen-bond acceptors (Lipinski definition) is 3. The topological polar surface area (TPSA) is 41.4 Å². The van der Waals surface area contributed by atoms with Crippen LogP contribution < -0.4 is 4.90 Å². The number of carbonyl (C=O) groups excluding carboxylic acids is 1. The number of benzene rings is 3. The molecule has 5 nitrogen and oxygen atoms in total. The van der Waals surface area contributed by atoms with Gasteiger partial charge in [-0.05, 0) is 48.9 Å². The fourth-order valence-corrected chi connectivity index (χ4v) is 4.54. The minimum Gasteiger partial charge on any atom is -0.366 e. The molecule has 3 aromatic carbocycles. The maximum Gasteiger partial charge on any atom is 0.272 e. The SMILES string of the molecule is Cc1cccc(-n2nc(-c3ccccc3Cl)cc2C(=O)N2CCN(c3ccccc3F)CC2)c1. The Balaban J connectivity index is 1.46. The number of hydrogen-bond donors (Lipinski definition) is 0. The third-order valence-corrected chi connectivity index (χ3v) is 6.41. The van der Waals surface area contributed by atoms with Gasteiger partial charge in [-0.15, -0.1) is 0 Å². The first-order valence-electron chi connectivity index (χ1n) is 11.2. The standard InChI is InChI=1S/C27H24ClFN4O/c1-19-7-6-8-20(17-19)33-26(18-24(30-33)21-9-2-3-10-22(21)28)27(34)32-15-13-31(14-16-32)25-12-5-4-11-23(25)29/h2-12,17-18H,13-16H2,1H3. The van der Waals surface area contributed by atoms with E-state index >= 15 is 0 Å². The van der Waals surface area contributed by atoms with Crippen LogP contribution in [0.4, 0.5) is 10.1 Å². The number of piperazine rings is 1. The third-order valence-electron chi connectivity index (χ3n) is 6.08. The number of carbonyl (C=O) groups is 1. The molecule has 1 aliphatic rings. The molecule has 0 aliphatic carbocycles. The predicted octanol–water partition coefficient (Wildman–Crippen LogP) is 5.60. The van der Waals surface area contributed by atoms with Gasteiger partial charge in [-0.1, -0.05) is 54.1 Å². The first kappa shape index (κ1) is 22.2. The van der Waals surface area contributed by atoms with Gasteiger partial charge in [0.15, 0.2) is 0 Å². The van der Waals surface area contributed by atoms with Gasteiger partial charge in [0, 0.05) is 31.7 Å². The molecule has 5 rings (SSSR count). The van der Waals surface area contributed by atoms with Crippen molar-refractivity contribution in [2.75, 3.05) is 31.1 Å². The number of aryl methyl sites for hydroxylation is 1. The van der Waals surface area contributed by atoms with E-state index in [1.807, 2.05) is 66.4 Å². The Hall–Kier alpha value is -3.64. The van der Waals surface area contributed by atoms with Crippen LogP contribution in [0.1, 0.15) is 16.1 Å². The van der Waals surface area contributed by atoms with Crippen molar-refractivity contribution in [2.45, 2.75) is 6.92 Å². The fraction of sp³-hybridized carbons (Fsp3) is 0.185. The largest absolute Gasteiger partial charge is 0.366 e. The Kier molecular flexibility index (Phi) is 6.07. The number of aromatic nitrogens is 2. The lowest BCUT2D eigenvalue weighted by Crippen LogP contribution is -2.49. The zero-order chi connectivity index (χ0) is 23.7. The monoisotopic (exact) mass is 474 g/mol. The average molecular weight is 475 g/mol. The molecular formula is C27H24ClFN4O. The van der Waals surface area contributed by atoms with Crippen molar-refractivity contribution >= 4 is 23.2 Å². The molecule has 0 saturated carbocycles. The number of halogens is 2. The van der Waals surface area contributed by atoms with E-state index in [1.54, 1.807) is 27.8 Å². The molecule has 0 unspecified atom stereocenters. The zero-order valence-electron chi connectivity index (χ0n) is 18.8. The minimum atomic E-state index is -0.246. The van der Waals surface area contributed by atoms with Gasteiger partial charge >= 0.3 is 0 Å². The first-order chi connectivity index (χ1) is 16.5. The average Bonchev–Trinajstić information content (AvgIpc) is 3.30. The molecule has 34 heavy (non-hydrogen) atoms. The summed E-state index contributed by atoms with van der Waals surface area (Å²) < 4.78 is 15.9. The Morgan fingerprint density at radius 2 is 1.65 bits per heavy atom. The van der Waals surface area contributed by atoms with Crippen molar-refractivity contribution in [3.63, 3.8) is 0 Å².